The van der Waals surface area contributed by atoms with E-state index in [4.69, 9.17) is 21.1 Å². The zero-order valence-electron chi connectivity index (χ0n) is 14.0. The van der Waals surface area contributed by atoms with Crippen LogP contribution in [0.4, 0.5) is 0 Å². The standard InChI is InChI=1S/C17H14ClN3O5S/c1-21(10-15(22)23)27(24,25)12-7-8-14(18)13(9-12)17-20-19-16(26-17)11-5-3-2-4-6-11/h2-9H,10H2,1H3,(H,22,23). The molecule has 1 heterocycles. The van der Waals surface area contributed by atoms with Crippen LogP contribution in [0, 0.1) is 0 Å². The Balaban J connectivity index is 2.00. The average molecular weight is 408 g/mol. The zero-order chi connectivity index (χ0) is 19.6. The quantitative estimate of drug-likeness (QED) is 0.668. The normalized spacial score (nSPS) is 11.7. The Morgan fingerprint density at radius 2 is 1.81 bits per heavy atom. The fraction of sp³-hybridized carbons (Fsp3) is 0.118. The fourth-order valence-corrected chi connectivity index (χ4v) is 3.66. The Hall–Kier alpha value is -2.75. The van der Waals surface area contributed by atoms with Crippen molar-refractivity contribution in [3.05, 3.63) is 53.6 Å². The lowest BCUT2D eigenvalue weighted by molar-refractivity contribution is -0.137. The minimum Gasteiger partial charge on any atom is -0.480 e. The Bertz CT molecular complexity index is 1080. The molecule has 0 atom stereocenters. The lowest BCUT2D eigenvalue weighted by Crippen LogP contribution is -2.32. The maximum Gasteiger partial charge on any atom is 0.318 e. The van der Waals surface area contributed by atoms with Crippen molar-refractivity contribution in [1.29, 1.82) is 0 Å². The molecule has 0 aliphatic rings. The van der Waals surface area contributed by atoms with Gasteiger partial charge in [-0.1, -0.05) is 29.8 Å². The van der Waals surface area contributed by atoms with E-state index in [1.165, 1.54) is 25.2 Å². The summed E-state index contributed by atoms with van der Waals surface area (Å²) in [6, 6.07) is 13.0. The summed E-state index contributed by atoms with van der Waals surface area (Å²) < 4.78 is 31.4. The number of carbonyl (C=O) groups is 1. The Kier molecular flexibility index (Phi) is 5.26. The molecule has 0 aliphatic carbocycles. The van der Waals surface area contributed by atoms with Gasteiger partial charge in [0.1, 0.15) is 6.54 Å². The van der Waals surface area contributed by atoms with Crippen LogP contribution in [0.15, 0.2) is 57.8 Å². The van der Waals surface area contributed by atoms with E-state index in [0.717, 1.165) is 4.31 Å². The second-order valence-corrected chi connectivity index (χ2v) is 8.03. The average Bonchev–Trinajstić information content (AvgIpc) is 3.12. The summed E-state index contributed by atoms with van der Waals surface area (Å²) >= 11 is 6.17. The second-order valence-electron chi connectivity index (χ2n) is 5.57. The van der Waals surface area contributed by atoms with E-state index in [1.807, 2.05) is 18.2 Å². The minimum atomic E-state index is -4.02. The number of aromatic nitrogens is 2. The Labute approximate surface area is 160 Å². The summed E-state index contributed by atoms with van der Waals surface area (Å²) in [4.78, 5) is 10.7. The number of nitrogens with zero attached hydrogens (tertiary/aromatic N) is 3. The number of carboxylic acids is 1. The lowest BCUT2D eigenvalue weighted by atomic mass is 10.2. The summed E-state index contributed by atoms with van der Waals surface area (Å²) in [6.45, 7) is -0.668. The first kappa shape index (κ1) is 19.0. The molecule has 0 saturated heterocycles. The van der Waals surface area contributed by atoms with Crippen molar-refractivity contribution in [3.63, 3.8) is 0 Å². The first-order valence-corrected chi connectivity index (χ1v) is 9.48. The summed E-state index contributed by atoms with van der Waals surface area (Å²) in [7, 11) is -2.84. The van der Waals surface area contributed by atoms with Crippen LogP contribution in [-0.2, 0) is 14.8 Å². The van der Waals surface area contributed by atoms with Crippen LogP contribution >= 0.6 is 11.6 Å². The van der Waals surface area contributed by atoms with Crippen LogP contribution in [-0.4, -0.2) is 47.6 Å². The molecule has 0 saturated carbocycles. The zero-order valence-corrected chi connectivity index (χ0v) is 15.6. The van der Waals surface area contributed by atoms with Crippen LogP contribution in [0.2, 0.25) is 5.02 Å². The van der Waals surface area contributed by atoms with Gasteiger partial charge in [-0.25, -0.2) is 8.42 Å². The first-order chi connectivity index (χ1) is 12.8. The van der Waals surface area contributed by atoms with Gasteiger partial charge in [0.25, 0.3) is 0 Å². The van der Waals surface area contributed by atoms with Crippen LogP contribution in [0.3, 0.4) is 0 Å². The van der Waals surface area contributed by atoms with Gasteiger partial charge in [-0.2, -0.15) is 4.31 Å². The molecule has 0 amide bonds. The van der Waals surface area contributed by atoms with Crippen molar-refractivity contribution in [2.75, 3.05) is 13.6 Å². The summed E-state index contributed by atoms with van der Waals surface area (Å²) in [5.74, 6) is -0.950. The van der Waals surface area contributed by atoms with Crippen molar-refractivity contribution in [3.8, 4) is 22.9 Å². The van der Waals surface area contributed by atoms with Crippen molar-refractivity contribution < 1.29 is 22.7 Å². The number of rotatable bonds is 6. The molecule has 3 rings (SSSR count). The third-order valence-corrected chi connectivity index (χ3v) is 5.81. The predicted molar refractivity (Wildman–Crippen MR) is 97.6 cm³/mol. The Morgan fingerprint density at radius 3 is 2.48 bits per heavy atom. The predicted octanol–water partition coefficient (Wildman–Crippen LogP) is 2.76. The molecule has 10 heteroatoms. The topological polar surface area (TPSA) is 114 Å². The van der Waals surface area contributed by atoms with Crippen LogP contribution in [0.1, 0.15) is 0 Å². The number of likely N-dealkylation sites (N-methyl/N-ethyl adjacent to an activating group) is 1. The number of sulfonamides is 1. The number of carboxylic acid groups (broad SMARTS) is 1. The summed E-state index contributed by atoms with van der Waals surface area (Å²) in [6.07, 6.45) is 0. The van der Waals surface area contributed by atoms with Gasteiger partial charge in [0.2, 0.25) is 21.8 Å². The maximum atomic E-state index is 12.5. The molecule has 0 unspecified atom stereocenters. The SMILES string of the molecule is CN(CC(=O)O)S(=O)(=O)c1ccc(Cl)c(-c2nnc(-c3ccccc3)o2)c1. The number of aliphatic carboxylic acids is 1. The summed E-state index contributed by atoms with van der Waals surface area (Å²) in [5.41, 5.74) is 0.938. The van der Waals surface area contributed by atoms with Gasteiger partial charge in [-0.15, -0.1) is 10.2 Å². The number of hydrogen-bond acceptors (Lipinski definition) is 6. The molecule has 140 valence electrons. The summed E-state index contributed by atoms with van der Waals surface area (Å²) in [5, 5.41) is 16.9. The van der Waals surface area contributed by atoms with E-state index in [2.05, 4.69) is 10.2 Å². The van der Waals surface area contributed by atoms with Crippen molar-refractivity contribution >= 4 is 27.6 Å². The number of benzene rings is 2. The molecule has 0 bridgehead atoms. The van der Waals surface area contributed by atoms with E-state index in [0.29, 0.717) is 5.56 Å². The molecule has 0 spiro atoms. The van der Waals surface area contributed by atoms with Gasteiger partial charge in [0.05, 0.1) is 15.5 Å². The third kappa shape index (κ3) is 4.00. The van der Waals surface area contributed by atoms with Crippen molar-refractivity contribution in [1.82, 2.24) is 14.5 Å². The van der Waals surface area contributed by atoms with E-state index in [9.17, 15) is 13.2 Å². The lowest BCUT2D eigenvalue weighted by Gasteiger charge is -2.15. The monoisotopic (exact) mass is 407 g/mol. The molecular formula is C17H14ClN3O5S. The smallest absolute Gasteiger partial charge is 0.318 e. The molecule has 1 aromatic heterocycles. The van der Waals surface area contributed by atoms with E-state index < -0.39 is 22.5 Å². The highest BCUT2D eigenvalue weighted by atomic mass is 35.5. The molecule has 8 nitrogen and oxygen atoms in total. The highest BCUT2D eigenvalue weighted by molar-refractivity contribution is 7.89. The van der Waals surface area contributed by atoms with Gasteiger partial charge in [0.15, 0.2) is 0 Å². The van der Waals surface area contributed by atoms with Gasteiger partial charge in [0, 0.05) is 12.6 Å². The molecule has 0 fully saturated rings. The molecule has 27 heavy (non-hydrogen) atoms. The molecule has 0 aliphatic heterocycles. The third-order valence-electron chi connectivity index (χ3n) is 3.68. The highest BCUT2D eigenvalue weighted by Crippen LogP contribution is 2.32. The van der Waals surface area contributed by atoms with Gasteiger partial charge < -0.3 is 9.52 Å². The van der Waals surface area contributed by atoms with Gasteiger partial charge >= 0.3 is 5.97 Å². The van der Waals surface area contributed by atoms with E-state index >= 15 is 0 Å². The van der Waals surface area contributed by atoms with Crippen LogP contribution in [0.25, 0.3) is 22.9 Å². The van der Waals surface area contributed by atoms with Crippen LogP contribution < -0.4 is 0 Å². The molecule has 1 N–H and O–H groups in total. The van der Waals surface area contributed by atoms with Crippen molar-refractivity contribution in [2.45, 2.75) is 4.90 Å². The maximum absolute atomic E-state index is 12.5. The molecular weight excluding hydrogens is 394 g/mol. The molecule has 3 aromatic rings. The van der Waals surface area contributed by atoms with E-state index in [-0.39, 0.29) is 27.3 Å². The van der Waals surface area contributed by atoms with Gasteiger partial charge in [-0.3, -0.25) is 4.79 Å². The Morgan fingerprint density at radius 1 is 1.15 bits per heavy atom. The van der Waals surface area contributed by atoms with Crippen molar-refractivity contribution in [2.24, 2.45) is 0 Å². The molecule has 0 radical (unpaired) electrons. The van der Waals surface area contributed by atoms with Crippen LogP contribution in [0.5, 0.6) is 0 Å². The first-order valence-electron chi connectivity index (χ1n) is 7.66. The minimum absolute atomic E-state index is 0.0526. The highest BCUT2D eigenvalue weighted by Gasteiger charge is 2.25. The van der Waals surface area contributed by atoms with Gasteiger partial charge in [-0.05, 0) is 30.3 Å². The van der Waals surface area contributed by atoms with E-state index in [1.54, 1.807) is 12.1 Å². The largest absolute Gasteiger partial charge is 0.480 e. The number of hydrogen-bond donors (Lipinski definition) is 1. The second kappa shape index (κ2) is 7.47. The molecule has 2 aromatic carbocycles. The fourth-order valence-electron chi connectivity index (χ4n) is 2.31. The number of halogens is 1.